The summed E-state index contributed by atoms with van der Waals surface area (Å²) in [6.07, 6.45) is 1.85. The van der Waals surface area contributed by atoms with Crippen LogP contribution >= 0.6 is 0 Å². The number of ether oxygens (including phenoxy) is 1. The smallest absolute Gasteiger partial charge is 0.410 e. The van der Waals surface area contributed by atoms with E-state index in [1.807, 2.05) is 82.3 Å². The van der Waals surface area contributed by atoms with Crippen LogP contribution in [-0.4, -0.2) is 68.2 Å². The molecule has 34 heavy (non-hydrogen) atoms. The van der Waals surface area contributed by atoms with Gasteiger partial charge < -0.3 is 14.5 Å². The summed E-state index contributed by atoms with van der Waals surface area (Å²) in [7, 11) is 0. The van der Waals surface area contributed by atoms with Crippen molar-refractivity contribution in [3.8, 4) is 11.3 Å². The molecule has 2 heterocycles. The van der Waals surface area contributed by atoms with Gasteiger partial charge in [0, 0.05) is 25.2 Å². The highest BCUT2D eigenvalue weighted by atomic mass is 16.6. The zero-order valence-electron chi connectivity index (χ0n) is 20.1. The molecule has 8 nitrogen and oxygen atoms in total. The Morgan fingerprint density at radius 3 is 2.41 bits per heavy atom. The fourth-order valence-corrected chi connectivity index (χ4v) is 3.99. The molecule has 178 valence electrons. The molecule has 2 amide bonds. The van der Waals surface area contributed by atoms with Gasteiger partial charge in [-0.3, -0.25) is 0 Å². The number of carbonyl (C=O) groups excluding carboxylic acids is 2. The zero-order valence-corrected chi connectivity index (χ0v) is 20.1. The minimum Gasteiger partial charge on any atom is -0.444 e. The average molecular weight is 462 g/mol. The minimum atomic E-state index is -0.579. The molecule has 3 aromatic rings. The maximum Gasteiger partial charge on any atom is 0.410 e. The van der Waals surface area contributed by atoms with Crippen molar-refractivity contribution in [3.05, 3.63) is 71.9 Å². The highest BCUT2D eigenvalue weighted by molar-refractivity contribution is 5.77. The maximum absolute atomic E-state index is 13.4. The Morgan fingerprint density at radius 1 is 1.03 bits per heavy atom. The van der Waals surface area contributed by atoms with Crippen molar-refractivity contribution in [2.45, 2.75) is 45.8 Å². The van der Waals surface area contributed by atoms with Gasteiger partial charge >= 0.3 is 12.1 Å². The van der Waals surface area contributed by atoms with E-state index in [-0.39, 0.29) is 18.2 Å². The molecule has 0 aliphatic carbocycles. The lowest BCUT2D eigenvalue weighted by Crippen LogP contribution is -2.58. The van der Waals surface area contributed by atoms with Crippen LogP contribution in [-0.2, 0) is 11.2 Å². The van der Waals surface area contributed by atoms with E-state index in [1.54, 1.807) is 16.0 Å². The van der Waals surface area contributed by atoms with E-state index in [2.05, 4.69) is 10.2 Å². The summed E-state index contributed by atoms with van der Waals surface area (Å²) in [5.74, 6) is 0. The van der Waals surface area contributed by atoms with Crippen molar-refractivity contribution in [3.63, 3.8) is 0 Å². The molecule has 0 saturated carbocycles. The summed E-state index contributed by atoms with van der Waals surface area (Å²) in [6, 6.07) is 17.3. The van der Waals surface area contributed by atoms with E-state index >= 15 is 0 Å². The second-order valence-corrected chi connectivity index (χ2v) is 9.63. The van der Waals surface area contributed by atoms with Crippen molar-refractivity contribution in [2.24, 2.45) is 0 Å². The van der Waals surface area contributed by atoms with E-state index in [0.717, 1.165) is 21.5 Å². The lowest BCUT2D eigenvalue weighted by Gasteiger charge is -2.41. The van der Waals surface area contributed by atoms with Gasteiger partial charge in [-0.05, 0) is 39.7 Å². The Labute approximate surface area is 200 Å². The third kappa shape index (κ3) is 5.62. The molecular weight excluding hydrogens is 430 g/mol. The van der Waals surface area contributed by atoms with Crippen LogP contribution in [0.1, 0.15) is 31.9 Å². The van der Waals surface area contributed by atoms with Gasteiger partial charge in [0.25, 0.3) is 0 Å². The van der Waals surface area contributed by atoms with Crippen LogP contribution < -0.4 is 0 Å². The van der Waals surface area contributed by atoms with Crippen LogP contribution in [0.5, 0.6) is 0 Å². The van der Waals surface area contributed by atoms with Crippen molar-refractivity contribution < 1.29 is 14.3 Å². The lowest BCUT2D eigenvalue weighted by atomic mass is 10.0. The maximum atomic E-state index is 13.4. The first kappa shape index (κ1) is 23.5. The molecule has 1 aliphatic rings. The number of aromatic nitrogens is 3. The summed E-state index contributed by atoms with van der Waals surface area (Å²) < 4.78 is 5.57. The first-order chi connectivity index (χ1) is 16.2. The highest BCUT2D eigenvalue weighted by Crippen LogP contribution is 2.20. The van der Waals surface area contributed by atoms with Crippen LogP contribution in [0.25, 0.3) is 11.3 Å². The van der Waals surface area contributed by atoms with Crippen LogP contribution in [0.3, 0.4) is 0 Å². The van der Waals surface area contributed by atoms with Gasteiger partial charge in [0.1, 0.15) is 11.3 Å². The summed E-state index contributed by atoms with van der Waals surface area (Å²) >= 11 is 0. The van der Waals surface area contributed by atoms with Gasteiger partial charge in [-0.1, -0.05) is 65.0 Å². The first-order valence-corrected chi connectivity index (χ1v) is 11.5. The quantitative estimate of drug-likeness (QED) is 0.578. The molecule has 0 N–H and O–H groups in total. The molecule has 1 saturated heterocycles. The number of piperazine rings is 1. The number of benzene rings is 2. The van der Waals surface area contributed by atoms with E-state index in [1.165, 1.54) is 0 Å². The van der Waals surface area contributed by atoms with Crippen LogP contribution in [0.4, 0.5) is 9.59 Å². The van der Waals surface area contributed by atoms with E-state index in [4.69, 9.17) is 4.74 Å². The van der Waals surface area contributed by atoms with Gasteiger partial charge in [-0.25, -0.2) is 9.59 Å². The molecule has 1 atom stereocenters. The minimum absolute atomic E-state index is 0.231. The number of hydrogen-bond acceptors (Lipinski definition) is 5. The van der Waals surface area contributed by atoms with E-state index in [9.17, 15) is 9.59 Å². The molecule has 2 aromatic carbocycles. The topological polar surface area (TPSA) is 80.6 Å². The second-order valence-electron chi connectivity index (χ2n) is 9.63. The fourth-order valence-electron chi connectivity index (χ4n) is 3.99. The summed E-state index contributed by atoms with van der Waals surface area (Å²) in [5.41, 5.74) is 3.20. The largest absolute Gasteiger partial charge is 0.444 e. The average Bonchev–Trinajstić information content (AvgIpc) is 3.29. The molecule has 0 radical (unpaired) electrons. The van der Waals surface area contributed by atoms with Gasteiger partial charge in [0.15, 0.2) is 0 Å². The number of amides is 2. The molecule has 0 unspecified atom stereocenters. The van der Waals surface area contributed by atoms with Gasteiger partial charge in [-0.2, -0.15) is 5.10 Å². The number of carbonyl (C=O) groups is 2. The van der Waals surface area contributed by atoms with Gasteiger partial charge in [0.2, 0.25) is 0 Å². The molecule has 1 aromatic heterocycles. The third-order valence-electron chi connectivity index (χ3n) is 5.70. The Kier molecular flexibility index (Phi) is 6.68. The van der Waals surface area contributed by atoms with Crippen LogP contribution in [0.2, 0.25) is 0 Å². The Balaban J connectivity index is 1.54. The summed E-state index contributed by atoms with van der Waals surface area (Å²) in [5, 5.41) is 8.68. The number of hydrogen-bond donors (Lipinski definition) is 0. The molecule has 8 heteroatoms. The van der Waals surface area contributed by atoms with Gasteiger partial charge in [-0.15, -0.1) is 5.10 Å². The Hall–Kier alpha value is -3.68. The van der Waals surface area contributed by atoms with Gasteiger partial charge in [0.05, 0.1) is 12.2 Å². The Morgan fingerprint density at radius 2 is 1.74 bits per heavy atom. The van der Waals surface area contributed by atoms with E-state index in [0.29, 0.717) is 31.7 Å². The van der Waals surface area contributed by atoms with Crippen molar-refractivity contribution in [2.75, 3.05) is 19.6 Å². The first-order valence-electron chi connectivity index (χ1n) is 11.5. The molecular formula is C26H31N5O3. The number of nitrogens with zero attached hydrogens (tertiary/aromatic N) is 5. The normalized spacial score (nSPS) is 16.4. The molecule has 4 rings (SSSR count). The predicted molar refractivity (Wildman–Crippen MR) is 129 cm³/mol. The summed E-state index contributed by atoms with van der Waals surface area (Å²) in [4.78, 5) is 30.7. The molecule has 1 fully saturated rings. The van der Waals surface area contributed by atoms with E-state index < -0.39 is 5.60 Å². The summed E-state index contributed by atoms with van der Waals surface area (Å²) in [6.45, 7) is 8.70. The Bertz CT molecular complexity index is 1140. The van der Waals surface area contributed by atoms with Crippen molar-refractivity contribution in [1.82, 2.24) is 24.8 Å². The van der Waals surface area contributed by atoms with Crippen LogP contribution in [0.15, 0.2) is 60.8 Å². The fraction of sp³-hybridized carbons (Fsp3) is 0.385. The standard InChI is InChI=1S/C26H31N5O3/c1-19-10-12-21(13-11-19)23-17-27-31(28-23)24(32)30-15-14-29(25(33)34-26(2,3)4)18-22(30)16-20-8-6-5-7-9-20/h5-13,17,22H,14-16,18H2,1-4H3/t22-/m0/s1. The number of rotatable bonds is 3. The monoisotopic (exact) mass is 461 g/mol. The molecule has 0 bridgehead atoms. The van der Waals surface area contributed by atoms with Crippen LogP contribution in [0, 0.1) is 6.92 Å². The predicted octanol–water partition coefficient (Wildman–Crippen LogP) is 4.39. The van der Waals surface area contributed by atoms with Crippen molar-refractivity contribution in [1.29, 1.82) is 0 Å². The second kappa shape index (κ2) is 9.67. The van der Waals surface area contributed by atoms with Crippen molar-refractivity contribution >= 4 is 12.1 Å². The lowest BCUT2D eigenvalue weighted by molar-refractivity contribution is 0.00879. The SMILES string of the molecule is Cc1ccc(-c2cnn(C(=O)N3CCN(C(=O)OC(C)(C)C)C[C@@H]3Cc3ccccc3)n2)cc1. The zero-order chi connectivity index (χ0) is 24.3. The number of aryl methyl sites for hydroxylation is 1. The molecule has 1 aliphatic heterocycles. The highest BCUT2D eigenvalue weighted by Gasteiger charge is 2.35. The molecule has 0 spiro atoms. The third-order valence-corrected chi connectivity index (χ3v) is 5.70.